The number of hydrogen-bond acceptors (Lipinski definition) is 2. The Hall–Kier alpha value is -2.23. The maximum absolute atomic E-state index is 5.82. The van der Waals surface area contributed by atoms with Crippen LogP contribution in [0, 0.1) is 0 Å². The normalized spacial score (nSPS) is 11.1. The van der Waals surface area contributed by atoms with Gasteiger partial charge in [-0.05, 0) is 31.0 Å². The number of ether oxygens (including phenoxy) is 1. The molecule has 0 fully saturated rings. The van der Waals surface area contributed by atoms with Gasteiger partial charge < -0.3 is 13.9 Å². The zero-order chi connectivity index (χ0) is 14.5. The molecule has 0 saturated heterocycles. The summed E-state index contributed by atoms with van der Waals surface area (Å²) in [7, 11) is 0. The number of aryl methyl sites for hydroxylation is 2. The van der Waals surface area contributed by atoms with Crippen LogP contribution < -0.4 is 4.74 Å². The maximum Gasteiger partial charge on any atom is 0.128 e. The van der Waals surface area contributed by atoms with Gasteiger partial charge in [0, 0.05) is 37.1 Å². The number of benzene rings is 1. The number of fused-ring (bicyclic) bond motifs is 1. The Kier molecular flexibility index (Phi) is 4.24. The highest BCUT2D eigenvalue weighted by molar-refractivity contribution is 5.86. The lowest BCUT2D eigenvalue weighted by Crippen LogP contribution is -2.02. The maximum atomic E-state index is 5.82. The largest absolute Gasteiger partial charge is 0.493 e. The molecule has 0 aliphatic heterocycles. The molecule has 0 aliphatic rings. The molecular weight excluding hydrogens is 262 g/mol. The average Bonchev–Trinajstić information content (AvgIpc) is 3.15. The van der Waals surface area contributed by atoms with Crippen molar-refractivity contribution >= 4 is 10.9 Å². The smallest absolute Gasteiger partial charge is 0.128 e. The van der Waals surface area contributed by atoms with Gasteiger partial charge in [0.25, 0.3) is 0 Å². The molecule has 110 valence electrons. The summed E-state index contributed by atoms with van der Waals surface area (Å²) >= 11 is 0. The third kappa shape index (κ3) is 3.10. The monoisotopic (exact) mass is 283 g/mol. The Morgan fingerprint density at radius 2 is 2.10 bits per heavy atom. The van der Waals surface area contributed by atoms with Crippen molar-refractivity contribution in [2.75, 3.05) is 6.61 Å². The summed E-state index contributed by atoms with van der Waals surface area (Å²) < 4.78 is 10.2. The summed E-state index contributed by atoms with van der Waals surface area (Å²) in [5.41, 5.74) is 1.24. The van der Waals surface area contributed by atoms with E-state index in [-0.39, 0.29) is 0 Å². The Labute approximate surface area is 125 Å². The number of rotatable bonds is 7. The molecule has 0 N–H and O–H groups in total. The Morgan fingerprint density at radius 1 is 1.14 bits per heavy atom. The van der Waals surface area contributed by atoms with E-state index in [0.717, 1.165) is 38.3 Å². The molecule has 4 heteroatoms. The molecule has 0 saturated carbocycles. The third-order valence-electron chi connectivity index (χ3n) is 3.61. The van der Waals surface area contributed by atoms with Gasteiger partial charge in [-0.2, -0.15) is 0 Å². The first kappa shape index (κ1) is 13.7. The van der Waals surface area contributed by atoms with E-state index in [1.54, 1.807) is 0 Å². The van der Waals surface area contributed by atoms with Gasteiger partial charge in [0.15, 0.2) is 0 Å². The fourth-order valence-electron chi connectivity index (χ4n) is 2.57. The van der Waals surface area contributed by atoms with E-state index >= 15 is 0 Å². The lowest BCUT2D eigenvalue weighted by Gasteiger charge is -2.08. The summed E-state index contributed by atoms with van der Waals surface area (Å²) in [4.78, 5) is 4.07. The van der Waals surface area contributed by atoms with Crippen LogP contribution in [0.5, 0.6) is 5.75 Å². The highest BCUT2D eigenvalue weighted by Gasteiger charge is 2.06. The number of hydrogen-bond donors (Lipinski definition) is 0. The molecule has 0 unspecified atom stereocenters. The van der Waals surface area contributed by atoms with Gasteiger partial charge in [-0.25, -0.2) is 4.98 Å². The van der Waals surface area contributed by atoms with Crippen LogP contribution in [0.1, 0.15) is 19.8 Å². The van der Waals surface area contributed by atoms with Gasteiger partial charge in [0.2, 0.25) is 0 Å². The van der Waals surface area contributed by atoms with Crippen LogP contribution in [0.3, 0.4) is 0 Å². The second kappa shape index (κ2) is 6.48. The van der Waals surface area contributed by atoms with Crippen LogP contribution in [0.15, 0.2) is 49.2 Å². The first-order valence-corrected chi connectivity index (χ1v) is 7.55. The second-order valence-electron chi connectivity index (χ2n) is 5.20. The molecule has 0 atom stereocenters. The van der Waals surface area contributed by atoms with Crippen molar-refractivity contribution in [2.45, 2.75) is 32.9 Å². The minimum Gasteiger partial charge on any atom is -0.493 e. The third-order valence-corrected chi connectivity index (χ3v) is 3.61. The quantitative estimate of drug-likeness (QED) is 0.662. The molecule has 4 nitrogen and oxygen atoms in total. The fraction of sp³-hybridized carbons (Fsp3) is 0.353. The van der Waals surface area contributed by atoms with E-state index in [9.17, 15) is 0 Å². The SMILES string of the molecule is CCCOc1cccc2c1ccn2CCCn1ccnc1. The van der Waals surface area contributed by atoms with Crippen LogP contribution in [-0.4, -0.2) is 20.7 Å². The minimum atomic E-state index is 0.769. The molecule has 3 rings (SSSR count). The van der Waals surface area contributed by atoms with E-state index in [4.69, 9.17) is 4.74 Å². The van der Waals surface area contributed by atoms with E-state index in [1.165, 1.54) is 10.9 Å². The summed E-state index contributed by atoms with van der Waals surface area (Å²) in [6, 6.07) is 8.43. The van der Waals surface area contributed by atoms with E-state index in [0.29, 0.717) is 0 Å². The molecule has 2 aromatic heterocycles. The topological polar surface area (TPSA) is 32.0 Å². The number of nitrogens with zero attached hydrogens (tertiary/aromatic N) is 3. The standard InChI is InChI=1S/C17H21N3O/c1-2-13-21-17-6-3-5-16-15(17)7-11-20(16)10-4-9-19-12-8-18-14-19/h3,5-8,11-12,14H,2,4,9-10,13H2,1H3. The van der Waals surface area contributed by atoms with Gasteiger partial charge in [0.1, 0.15) is 5.75 Å². The predicted molar refractivity (Wildman–Crippen MR) is 84.6 cm³/mol. The van der Waals surface area contributed by atoms with E-state index in [2.05, 4.69) is 45.4 Å². The van der Waals surface area contributed by atoms with Gasteiger partial charge in [-0.3, -0.25) is 0 Å². The first-order valence-electron chi connectivity index (χ1n) is 7.55. The van der Waals surface area contributed by atoms with Crippen LogP contribution in [0.25, 0.3) is 10.9 Å². The van der Waals surface area contributed by atoms with Crippen LogP contribution in [-0.2, 0) is 13.1 Å². The number of imidazole rings is 1. The zero-order valence-corrected chi connectivity index (χ0v) is 12.4. The van der Waals surface area contributed by atoms with Crippen molar-refractivity contribution in [3.8, 4) is 5.75 Å². The van der Waals surface area contributed by atoms with Crippen molar-refractivity contribution in [1.29, 1.82) is 0 Å². The average molecular weight is 283 g/mol. The van der Waals surface area contributed by atoms with Crippen molar-refractivity contribution in [1.82, 2.24) is 14.1 Å². The van der Waals surface area contributed by atoms with E-state index < -0.39 is 0 Å². The molecule has 0 bridgehead atoms. The molecule has 0 amide bonds. The predicted octanol–water partition coefficient (Wildman–Crippen LogP) is 3.72. The van der Waals surface area contributed by atoms with Crippen molar-refractivity contribution in [3.05, 3.63) is 49.2 Å². The summed E-state index contributed by atoms with van der Waals surface area (Å²) in [6.07, 6.45) is 9.96. The Bertz CT molecular complexity index is 685. The molecule has 0 radical (unpaired) electrons. The molecule has 3 aromatic rings. The first-order chi connectivity index (χ1) is 10.4. The lowest BCUT2D eigenvalue weighted by atomic mass is 10.2. The molecule has 21 heavy (non-hydrogen) atoms. The Balaban J connectivity index is 1.71. The van der Waals surface area contributed by atoms with Crippen molar-refractivity contribution in [2.24, 2.45) is 0 Å². The molecule has 2 heterocycles. The van der Waals surface area contributed by atoms with Gasteiger partial charge in [-0.1, -0.05) is 13.0 Å². The summed E-state index contributed by atoms with van der Waals surface area (Å²) in [5.74, 6) is 0.989. The van der Waals surface area contributed by atoms with Crippen LogP contribution >= 0.6 is 0 Å². The van der Waals surface area contributed by atoms with Gasteiger partial charge >= 0.3 is 0 Å². The lowest BCUT2D eigenvalue weighted by molar-refractivity contribution is 0.321. The number of aromatic nitrogens is 3. The van der Waals surface area contributed by atoms with Crippen LogP contribution in [0.4, 0.5) is 0 Å². The van der Waals surface area contributed by atoms with Gasteiger partial charge in [-0.15, -0.1) is 0 Å². The fourth-order valence-corrected chi connectivity index (χ4v) is 2.57. The molecule has 1 aromatic carbocycles. The molecule has 0 aliphatic carbocycles. The highest BCUT2D eigenvalue weighted by Crippen LogP contribution is 2.26. The zero-order valence-electron chi connectivity index (χ0n) is 12.4. The second-order valence-corrected chi connectivity index (χ2v) is 5.20. The van der Waals surface area contributed by atoms with Gasteiger partial charge in [0.05, 0.1) is 18.5 Å². The van der Waals surface area contributed by atoms with Crippen molar-refractivity contribution in [3.63, 3.8) is 0 Å². The molecule has 0 spiro atoms. The molecular formula is C17H21N3O. The summed E-state index contributed by atoms with van der Waals surface area (Å²) in [6.45, 7) is 4.89. The van der Waals surface area contributed by atoms with Crippen molar-refractivity contribution < 1.29 is 4.74 Å². The van der Waals surface area contributed by atoms with Crippen LogP contribution in [0.2, 0.25) is 0 Å². The highest BCUT2D eigenvalue weighted by atomic mass is 16.5. The van der Waals surface area contributed by atoms with E-state index in [1.807, 2.05) is 24.8 Å². The minimum absolute atomic E-state index is 0.769. The summed E-state index contributed by atoms with van der Waals surface area (Å²) in [5, 5.41) is 1.20. The Morgan fingerprint density at radius 3 is 2.90 bits per heavy atom.